The van der Waals surface area contributed by atoms with Crippen molar-refractivity contribution in [3.63, 3.8) is 0 Å². The first kappa shape index (κ1) is 17.7. The highest BCUT2D eigenvalue weighted by Crippen LogP contribution is 2.21. The molecule has 26 heavy (non-hydrogen) atoms. The average molecular weight is 351 g/mol. The van der Waals surface area contributed by atoms with Gasteiger partial charge in [0.25, 0.3) is 5.91 Å². The van der Waals surface area contributed by atoms with E-state index in [-0.39, 0.29) is 18.0 Å². The maximum Gasteiger partial charge on any atom is 0.313 e. The van der Waals surface area contributed by atoms with Gasteiger partial charge in [-0.05, 0) is 37.5 Å². The van der Waals surface area contributed by atoms with Gasteiger partial charge in [-0.3, -0.25) is 14.4 Å². The van der Waals surface area contributed by atoms with Crippen molar-refractivity contribution in [1.82, 2.24) is 10.6 Å². The minimum atomic E-state index is -0.806. The Bertz CT molecular complexity index is 816. The number of hydrogen-bond donors (Lipinski definition) is 3. The van der Waals surface area contributed by atoms with Crippen LogP contribution in [0.1, 0.15) is 41.7 Å². The molecular formula is C20H21N3O3. The molecule has 2 aromatic carbocycles. The second-order valence-corrected chi connectivity index (χ2v) is 6.35. The van der Waals surface area contributed by atoms with Crippen molar-refractivity contribution in [3.8, 4) is 0 Å². The normalized spacial score (nSPS) is 14.2. The summed E-state index contributed by atoms with van der Waals surface area (Å²) in [5.74, 6) is -1.81. The Morgan fingerprint density at radius 3 is 2.27 bits per heavy atom. The van der Waals surface area contributed by atoms with Crippen LogP contribution in [-0.4, -0.2) is 23.8 Å². The lowest BCUT2D eigenvalue weighted by molar-refractivity contribution is -0.136. The molecule has 1 fully saturated rings. The molecule has 2 aromatic rings. The predicted molar refractivity (Wildman–Crippen MR) is 98.6 cm³/mol. The topological polar surface area (TPSA) is 87.3 Å². The number of benzene rings is 2. The first-order valence-electron chi connectivity index (χ1n) is 8.61. The van der Waals surface area contributed by atoms with E-state index < -0.39 is 11.8 Å². The van der Waals surface area contributed by atoms with Gasteiger partial charge in [-0.15, -0.1) is 0 Å². The van der Waals surface area contributed by atoms with E-state index in [1.165, 1.54) is 0 Å². The molecule has 134 valence electrons. The van der Waals surface area contributed by atoms with E-state index in [2.05, 4.69) is 16.0 Å². The van der Waals surface area contributed by atoms with Crippen LogP contribution in [0.2, 0.25) is 0 Å². The third-order valence-electron chi connectivity index (χ3n) is 4.19. The quantitative estimate of drug-likeness (QED) is 0.723. The number of carbonyl (C=O) groups is 3. The van der Waals surface area contributed by atoms with Crippen molar-refractivity contribution in [3.05, 3.63) is 65.7 Å². The highest BCUT2D eigenvalue weighted by atomic mass is 16.2. The summed E-state index contributed by atoms with van der Waals surface area (Å²) in [6.07, 6.45) is 1.94. The van der Waals surface area contributed by atoms with E-state index >= 15 is 0 Å². The molecule has 1 aliphatic carbocycles. The van der Waals surface area contributed by atoms with Crippen LogP contribution in [0.25, 0.3) is 0 Å². The van der Waals surface area contributed by atoms with Crippen molar-refractivity contribution >= 4 is 23.4 Å². The van der Waals surface area contributed by atoms with Crippen molar-refractivity contribution in [2.45, 2.75) is 31.8 Å². The molecule has 0 heterocycles. The largest absolute Gasteiger partial charge is 0.349 e. The monoisotopic (exact) mass is 351 g/mol. The first-order chi connectivity index (χ1) is 12.5. The Hall–Kier alpha value is -3.15. The van der Waals surface area contributed by atoms with Crippen molar-refractivity contribution < 1.29 is 14.4 Å². The molecule has 1 saturated carbocycles. The molecule has 3 amide bonds. The maximum absolute atomic E-state index is 12.3. The lowest BCUT2D eigenvalue weighted by atomic mass is 10.1. The molecule has 3 N–H and O–H groups in total. The van der Waals surface area contributed by atoms with Crippen LogP contribution in [0, 0.1) is 0 Å². The standard InChI is InChI=1S/C20H21N3O3/c1-13(14-7-3-2-4-8-14)21-19(25)20(26)23-17-10-6-5-9-16(17)18(24)22-15-11-12-15/h2-10,13,15H,11-12H2,1H3,(H,21,25)(H,22,24)(H,23,26)/t13-/m1/s1. The highest BCUT2D eigenvalue weighted by Gasteiger charge is 2.25. The number of nitrogens with one attached hydrogen (secondary N) is 3. The van der Waals surface area contributed by atoms with Gasteiger partial charge in [-0.2, -0.15) is 0 Å². The van der Waals surface area contributed by atoms with Crippen LogP contribution >= 0.6 is 0 Å². The Kier molecular flexibility index (Phi) is 5.31. The highest BCUT2D eigenvalue weighted by molar-refractivity contribution is 6.40. The SMILES string of the molecule is C[C@@H](NC(=O)C(=O)Nc1ccccc1C(=O)NC1CC1)c1ccccc1. The summed E-state index contributed by atoms with van der Waals surface area (Å²) < 4.78 is 0. The molecular weight excluding hydrogens is 330 g/mol. The molecule has 0 aromatic heterocycles. The van der Waals surface area contributed by atoms with E-state index in [0.717, 1.165) is 18.4 Å². The molecule has 3 rings (SSSR count). The van der Waals surface area contributed by atoms with Crippen LogP contribution in [0.3, 0.4) is 0 Å². The van der Waals surface area contributed by atoms with Crippen LogP contribution in [0.5, 0.6) is 0 Å². The molecule has 6 nitrogen and oxygen atoms in total. The Morgan fingerprint density at radius 1 is 0.923 bits per heavy atom. The second-order valence-electron chi connectivity index (χ2n) is 6.35. The third kappa shape index (κ3) is 4.47. The number of amides is 3. The van der Waals surface area contributed by atoms with E-state index in [0.29, 0.717) is 11.3 Å². The zero-order chi connectivity index (χ0) is 18.5. The van der Waals surface area contributed by atoms with Crippen molar-refractivity contribution in [2.75, 3.05) is 5.32 Å². The fraction of sp³-hybridized carbons (Fsp3) is 0.250. The molecule has 0 spiro atoms. The minimum Gasteiger partial charge on any atom is -0.349 e. The number of para-hydroxylation sites is 1. The van der Waals surface area contributed by atoms with Gasteiger partial charge in [0.05, 0.1) is 17.3 Å². The minimum absolute atomic E-state index is 0.210. The first-order valence-corrected chi connectivity index (χ1v) is 8.61. The second kappa shape index (κ2) is 7.82. The van der Waals surface area contributed by atoms with Gasteiger partial charge in [0, 0.05) is 6.04 Å². The van der Waals surface area contributed by atoms with Crippen LogP contribution in [0.15, 0.2) is 54.6 Å². The summed E-state index contributed by atoms with van der Waals surface area (Å²) in [6, 6.07) is 15.9. The number of carbonyl (C=O) groups excluding carboxylic acids is 3. The van der Waals surface area contributed by atoms with Crippen molar-refractivity contribution in [2.24, 2.45) is 0 Å². The number of anilines is 1. The van der Waals surface area contributed by atoms with Gasteiger partial charge >= 0.3 is 11.8 Å². The Balaban J connectivity index is 1.64. The predicted octanol–water partition coefficient (Wildman–Crippen LogP) is 2.39. The van der Waals surface area contributed by atoms with E-state index in [9.17, 15) is 14.4 Å². The van der Waals surface area contributed by atoms with Gasteiger partial charge < -0.3 is 16.0 Å². The van der Waals surface area contributed by atoms with Crippen LogP contribution in [0.4, 0.5) is 5.69 Å². The van der Waals surface area contributed by atoms with E-state index in [1.54, 1.807) is 31.2 Å². The zero-order valence-electron chi connectivity index (χ0n) is 14.5. The molecule has 1 atom stereocenters. The van der Waals surface area contributed by atoms with E-state index in [1.807, 2.05) is 30.3 Å². The summed E-state index contributed by atoms with van der Waals surface area (Å²) in [7, 11) is 0. The molecule has 0 aliphatic heterocycles. The van der Waals surface area contributed by atoms with Crippen LogP contribution < -0.4 is 16.0 Å². The maximum atomic E-state index is 12.3. The average Bonchev–Trinajstić information content (AvgIpc) is 3.46. The Morgan fingerprint density at radius 2 is 1.58 bits per heavy atom. The number of hydrogen-bond acceptors (Lipinski definition) is 3. The van der Waals surface area contributed by atoms with E-state index in [4.69, 9.17) is 0 Å². The molecule has 6 heteroatoms. The zero-order valence-corrected chi connectivity index (χ0v) is 14.5. The molecule has 0 bridgehead atoms. The van der Waals surface area contributed by atoms with Gasteiger partial charge in [0.2, 0.25) is 0 Å². The molecule has 1 aliphatic rings. The summed E-state index contributed by atoms with van der Waals surface area (Å²) in [5.41, 5.74) is 1.56. The molecule has 0 saturated heterocycles. The lowest BCUT2D eigenvalue weighted by Crippen LogP contribution is -2.37. The van der Waals surface area contributed by atoms with Crippen molar-refractivity contribution in [1.29, 1.82) is 0 Å². The summed E-state index contributed by atoms with van der Waals surface area (Å²) in [5, 5.41) is 8.06. The van der Waals surface area contributed by atoms with Crippen LogP contribution in [-0.2, 0) is 9.59 Å². The fourth-order valence-corrected chi connectivity index (χ4v) is 2.55. The molecule has 0 unspecified atom stereocenters. The number of rotatable bonds is 5. The summed E-state index contributed by atoms with van der Waals surface area (Å²) in [4.78, 5) is 36.7. The third-order valence-corrected chi connectivity index (χ3v) is 4.19. The smallest absolute Gasteiger partial charge is 0.313 e. The fourth-order valence-electron chi connectivity index (χ4n) is 2.55. The van der Waals surface area contributed by atoms with Gasteiger partial charge in [0.15, 0.2) is 0 Å². The van der Waals surface area contributed by atoms with Gasteiger partial charge in [-0.25, -0.2) is 0 Å². The molecule has 0 radical (unpaired) electrons. The lowest BCUT2D eigenvalue weighted by Gasteiger charge is -2.15. The van der Waals surface area contributed by atoms with Gasteiger partial charge in [-0.1, -0.05) is 42.5 Å². The summed E-state index contributed by atoms with van der Waals surface area (Å²) in [6.45, 7) is 1.80. The summed E-state index contributed by atoms with van der Waals surface area (Å²) >= 11 is 0. The Labute approximate surface area is 152 Å². The van der Waals surface area contributed by atoms with Gasteiger partial charge in [0.1, 0.15) is 0 Å².